The molecule has 0 aromatic heterocycles. The first-order valence-corrected chi connectivity index (χ1v) is 7.45. The summed E-state index contributed by atoms with van der Waals surface area (Å²) < 4.78 is 0. The van der Waals surface area contributed by atoms with Crippen molar-refractivity contribution in [1.82, 2.24) is 0 Å². The molecule has 0 bridgehead atoms. The lowest BCUT2D eigenvalue weighted by Gasteiger charge is -2.36. The molecule has 20 heavy (non-hydrogen) atoms. The zero-order valence-electron chi connectivity index (χ0n) is 11.1. The maximum atomic E-state index is 10.9. The maximum Gasteiger partial charge on any atom is 0.305 e. The number of carboxylic acid groups (broad SMARTS) is 1. The normalized spacial score (nSPS) is 18.9. The minimum absolute atomic E-state index is 0.0629. The number of carbonyl (C=O) groups is 1. The lowest BCUT2D eigenvalue weighted by atomic mass is 10.1. The summed E-state index contributed by atoms with van der Waals surface area (Å²) in [5, 5.41) is 19.8. The number of aliphatic carboxylic acids is 1. The summed E-state index contributed by atoms with van der Waals surface area (Å²) in [5.41, 5.74) is 1.55. The lowest BCUT2D eigenvalue weighted by Crippen LogP contribution is -2.43. The second kappa shape index (κ2) is 6.13. The highest BCUT2D eigenvalue weighted by Crippen LogP contribution is 2.29. The molecule has 1 aromatic rings. The predicted octanol–water partition coefficient (Wildman–Crippen LogP) is 2.30. The van der Waals surface area contributed by atoms with Crippen LogP contribution in [0.25, 0.3) is 0 Å². The molecule has 1 saturated heterocycles. The van der Waals surface area contributed by atoms with Gasteiger partial charge in [-0.3, -0.25) is 14.9 Å². The minimum Gasteiger partial charge on any atom is -0.481 e. The van der Waals surface area contributed by atoms with Crippen LogP contribution in [0.2, 0.25) is 0 Å². The third-order valence-corrected chi connectivity index (χ3v) is 4.44. The Hall–Kier alpha value is -1.76. The number of nitro groups is 1. The van der Waals surface area contributed by atoms with Gasteiger partial charge in [-0.05, 0) is 19.1 Å². The van der Waals surface area contributed by atoms with Gasteiger partial charge < -0.3 is 10.0 Å². The van der Waals surface area contributed by atoms with E-state index in [0.717, 1.165) is 23.7 Å². The molecular formula is C13H16N2O4S. The van der Waals surface area contributed by atoms with Crippen LogP contribution in [0.4, 0.5) is 11.4 Å². The van der Waals surface area contributed by atoms with E-state index in [2.05, 4.69) is 0 Å². The van der Waals surface area contributed by atoms with Crippen LogP contribution in [0.5, 0.6) is 0 Å². The van der Waals surface area contributed by atoms with Gasteiger partial charge in [-0.2, -0.15) is 11.8 Å². The Labute approximate surface area is 120 Å². The van der Waals surface area contributed by atoms with E-state index in [9.17, 15) is 14.9 Å². The Bertz CT molecular complexity index is 535. The topological polar surface area (TPSA) is 83.7 Å². The molecule has 1 aromatic carbocycles. The van der Waals surface area contributed by atoms with E-state index in [1.165, 1.54) is 6.07 Å². The molecule has 6 nitrogen and oxygen atoms in total. The van der Waals surface area contributed by atoms with Crippen molar-refractivity contribution in [2.45, 2.75) is 19.4 Å². The minimum atomic E-state index is -0.818. The van der Waals surface area contributed by atoms with Gasteiger partial charge in [-0.1, -0.05) is 0 Å². The average Bonchev–Trinajstić information content (AvgIpc) is 2.38. The number of hydrogen-bond donors (Lipinski definition) is 1. The molecule has 0 spiro atoms. The summed E-state index contributed by atoms with van der Waals surface area (Å²) in [7, 11) is 0. The number of nitrogens with zero attached hydrogens (tertiary/aromatic N) is 2. The molecule has 0 aliphatic carbocycles. The van der Waals surface area contributed by atoms with Crippen molar-refractivity contribution in [3.63, 3.8) is 0 Å². The number of nitro benzene ring substituents is 1. The van der Waals surface area contributed by atoms with E-state index in [1.807, 2.05) is 4.90 Å². The quantitative estimate of drug-likeness (QED) is 0.678. The molecular weight excluding hydrogens is 280 g/mol. The Kier molecular flexibility index (Phi) is 4.49. The van der Waals surface area contributed by atoms with E-state index in [-0.39, 0.29) is 18.2 Å². The number of anilines is 1. The summed E-state index contributed by atoms with van der Waals surface area (Å²) in [6.45, 7) is 2.46. The highest BCUT2D eigenvalue weighted by molar-refractivity contribution is 7.99. The first-order chi connectivity index (χ1) is 9.49. The van der Waals surface area contributed by atoms with E-state index in [4.69, 9.17) is 5.11 Å². The van der Waals surface area contributed by atoms with Crippen molar-refractivity contribution in [1.29, 1.82) is 0 Å². The van der Waals surface area contributed by atoms with Crippen LogP contribution >= 0.6 is 11.8 Å². The second-order valence-electron chi connectivity index (χ2n) is 4.75. The molecule has 1 aliphatic rings. The Balaban J connectivity index is 2.26. The summed E-state index contributed by atoms with van der Waals surface area (Å²) in [6, 6.07) is 4.90. The average molecular weight is 296 g/mol. The third-order valence-electron chi connectivity index (χ3n) is 3.35. The number of benzene rings is 1. The molecule has 1 aliphatic heterocycles. The summed E-state index contributed by atoms with van der Waals surface area (Å²) in [4.78, 5) is 23.4. The molecule has 1 N–H and O–H groups in total. The second-order valence-corrected chi connectivity index (χ2v) is 5.90. The summed E-state index contributed by atoms with van der Waals surface area (Å²) in [6.07, 6.45) is 0.0863. The Morgan fingerprint density at radius 1 is 1.60 bits per heavy atom. The number of aryl methyl sites for hydroxylation is 1. The van der Waals surface area contributed by atoms with Gasteiger partial charge in [0.1, 0.15) is 0 Å². The monoisotopic (exact) mass is 296 g/mol. The van der Waals surface area contributed by atoms with Gasteiger partial charge in [-0.25, -0.2) is 0 Å². The molecule has 108 valence electrons. The first-order valence-electron chi connectivity index (χ1n) is 6.30. The maximum absolute atomic E-state index is 10.9. The van der Waals surface area contributed by atoms with Gasteiger partial charge in [-0.15, -0.1) is 0 Å². The predicted molar refractivity (Wildman–Crippen MR) is 78.5 cm³/mol. The fourth-order valence-electron chi connectivity index (χ4n) is 2.39. The van der Waals surface area contributed by atoms with E-state index < -0.39 is 10.9 Å². The largest absolute Gasteiger partial charge is 0.481 e. The van der Waals surface area contributed by atoms with E-state index in [0.29, 0.717) is 5.56 Å². The SMILES string of the molecule is Cc1cc(N2CCSCC2CC(=O)O)ccc1[N+](=O)[O-]. The molecule has 1 unspecified atom stereocenters. The summed E-state index contributed by atoms with van der Waals surface area (Å²) in [5.74, 6) is 0.884. The summed E-state index contributed by atoms with van der Waals surface area (Å²) >= 11 is 1.74. The van der Waals surface area contributed by atoms with Crippen molar-refractivity contribution >= 4 is 29.1 Å². The van der Waals surface area contributed by atoms with Crippen LogP contribution < -0.4 is 4.90 Å². The van der Waals surface area contributed by atoms with E-state index in [1.54, 1.807) is 30.8 Å². The molecule has 0 amide bonds. The van der Waals surface area contributed by atoms with Crippen LogP contribution in [0.1, 0.15) is 12.0 Å². The van der Waals surface area contributed by atoms with Gasteiger partial charge in [0.05, 0.1) is 11.3 Å². The third kappa shape index (κ3) is 3.22. The van der Waals surface area contributed by atoms with Gasteiger partial charge in [0.2, 0.25) is 0 Å². The van der Waals surface area contributed by atoms with Crippen molar-refractivity contribution in [3.05, 3.63) is 33.9 Å². The zero-order valence-corrected chi connectivity index (χ0v) is 11.9. The Morgan fingerprint density at radius 2 is 2.35 bits per heavy atom. The van der Waals surface area contributed by atoms with Crippen molar-refractivity contribution in [2.75, 3.05) is 23.0 Å². The van der Waals surface area contributed by atoms with Gasteiger partial charge in [0.25, 0.3) is 5.69 Å². The number of hydrogen-bond acceptors (Lipinski definition) is 5. The van der Waals surface area contributed by atoms with Crippen LogP contribution in [0.3, 0.4) is 0 Å². The number of carboxylic acids is 1. The molecule has 1 fully saturated rings. The number of rotatable bonds is 4. The number of thioether (sulfide) groups is 1. The van der Waals surface area contributed by atoms with Crippen molar-refractivity contribution < 1.29 is 14.8 Å². The van der Waals surface area contributed by atoms with Crippen LogP contribution in [0, 0.1) is 17.0 Å². The highest BCUT2D eigenvalue weighted by atomic mass is 32.2. The molecule has 0 saturated carbocycles. The molecule has 7 heteroatoms. The van der Waals surface area contributed by atoms with E-state index >= 15 is 0 Å². The van der Waals surface area contributed by atoms with Crippen molar-refractivity contribution in [2.24, 2.45) is 0 Å². The molecule has 2 rings (SSSR count). The van der Waals surface area contributed by atoms with Gasteiger partial charge in [0.15, 0.2) is 0 Å². The lowest BCUT2D eigenvalue weighted by molar-refractivity contribution is -0.385. The molecule has 1 heterocycles. The standard InChI is InChI=1S/C13H16N2O4S/c1-9-6-10(2-3-12(9)15(18)19)14-4-5-20-8-11(14)7-13(16)17/h2-3,6,11H,4-5,7-8H2,1H3,(H,16,17). The molecule has 0 radical (unpaired) electrons. The fourth-order valence-corrected chi connectivity index (χ4v) is 3.45. The van der Waals surface area contributed by atoms with Crippen LogP contribution in [0.15, 0.2) is 18.2 Å². The van der Waals surface area contributed by atoms with Gasteiger partial charge in [0, 0.05) is 41.4 Å². The first kappa shape index (κ1) is 14.6. The van der Waals surface area contributed by atoms with Crippen LogP contribution in [-0.2, 0) is 4.79 Å². The zero-order chi connectivity index (χ0) is 14.7. The fraction of sp³-hybridized carbons (Fsp3) is 0.462. The van der Waals surface area contributed by atoms with Gasteiger partial charge >= 0.3 is 5.97 Å². The van der Waals surface area contributed by atoms with Crippen LogP contribution in [-0.4, -0.2) is 40.1 Å². The Morgan fingerprint density at radius 3 is 2.95 bits per heavy atom. The van der Waals surface area contributed by atoms with Crippen molar-refractivity contribution in [3.8, 4) is 0 Å². The molecule has 1 atom stereocenters. The smallest absolute Gasteiger partial charge is 0.305 e. The highest BCUT2D eigenvalue weighted by Gasteiger charge is 2.26.